The second-order valence-electron chi connectivity index (χ2n) is 5.02. The minimum absolute atomic E-state index is 0.396. The summed E-state index contributed by atoms with van der Waals surface area (Å²) in [5, 5.41) is 38.8. The number of hydrogen-bond acceptors (Lipinski definition) is 8. The zero-order valence-electron chi connectivity index (χ0n) is 13.0. The fraction of sp³-hybridized carbons (Fsp3) is 0.333. The van der Waals surface area contributed by atoms with E-state index in [1.54, 1.807) is 6.92 Å². The molecule has 1 aromatic carbocycles. The van der Waals surface area contributed by atoms with Gasteiger partial charge in [0, 0.05) is 23.7 Å². The number of anilines is 1. The van der Waals surface area contributed by atoms with E-state index < -0.39 is 12.3 Å². The van der Waals surface area contributed by atoms with Gasteiger partial charge in [-0.05, 0) is 31.2 Å². The monoisotopic (exact) mass is 332 g/mol. The van der Waals surface area contributed by atoms with Crippen molar-refractivity contribution in [3.63, 3.8) is 0 Å². The molecule has 0 bridgehead atoms. The van der Waals surface area contributed by atoms with Crippen molar-refractivity contribution in [3.8, 4) is 0 Å². The van der Waals surface area contributed by atoms with Gasteiger partial charge in [0.2, 0.25) is 0 Å². The van der Waals surface area contributed by atoms with E-state index in [-0.39, 0.29) is 0 Å². The van der Waals surface area contributed by atoms with Crippen LogP contribution in [-0.4, -0.2) is 41.1 Å². The standard InChI is InChI=1S/C15H20N6OS/c1-3-19-14(22)21-15-20-12-5-9(10(6-16)7-17)4-11(8(2)18)13(12)23-15/h4-7,10,14,16-19,22H,3H2,1-2H3,(H,20,21). The molecule has 0 amide bonds. The van der Waals surface area contributed by atoms with Crippen LogP contribution in [0.15, 0.2) is 12.1 Å². The lowest BCUT2D eigenvalue weighted by Crippen LogP contribution is -2.35. The number of fused-ring (bicyclic) bond motifs is 1. The van der Waals surface area contributed by atoms with E-state index in [0.29, 0.717) is 22.9 Å². The molecule has 1 atom stereocenters. The normalized spacial score (nSPS) is 13.5. The Bertz CT molecular complexity index is 733. The fourth-order valence-corrected chi connectivity index (χ4v) is 3.23. The van der Waals surface area contributed by atoms with Gasteiger partial charge >= 0.3 is 0 Å². The molecule has 1 aromatic heterocycles. The third kappa shape index (κ3) is 3.79. The molecule has 0 aliphatic heterocycles. The second-order valence-corrected chi connectivity index (χ2v) is 6.02. The Balaban J connectivity index is 2.50. The molecule has 0 radical (unpaired) electrons. The molecule has 122 valence electrons. The average Bonchev–Trinajstić information content (AvgIpc) is 2.89. The van der Waals surface area contributed by atoms with Crippen LogP contribution in [0.1, 0.15) is 30.9 Å². The van der Waals surface area contributed by atoms with Crippen LogP contribution in [0, 0.1) is 16.2 Å². The Morgan fingerprint density at radius 1 is 1.39 bits per heavy atom. The fourth-order valence-electron chi connectivity index (χ4n) is 2.19. The first-order valence-corrected chi connectivity index (χ1v) is 8.01. The van der Waals surface area contributed by atoms with E-state index in [9.17, 15) is 5.11 Å². The number of nitrogens with zero attached hydrogens (tertiary/aromatic N) is 1. The van der Waals surface area contributed by atoms with Crippen molar-refractivity contribution in [3.05, 3.63) is 23.3 Å². The molecule has 0 aliphatic rings. The number of hydrogen-bond donors (Lipinski definition) is 6. The number of aromatic nitrogens is 1. The van der Waals surface area contributed by atoms with Gasteiger partial charge in [-0.15, -0.1) is 0 Å². The first-order chi connectivity index (χ1) is 11.0. The van der Waals surface area contributed by atoms with Gasteiger partial charge in [-0.3, -0.25) is 5.32 Å². The van der Waals surface area contributed by atoms with Crippen LogP contribution in [0.2, 0.25) is 0 Å². The molecule has 23 heavy (non-hydrogen) atoms. The van der Waals surface area contributed by atoms with E-state index in [4.69, 9.17) is 16.2 Å². The third-order valence-corrected chi connectivity index (χ3v) is 4.35. The summed E-state index contributed by atoms with van der Waals surface area (Å²) >= 11 is 1.36. The summed E-state index contributed by atoms with van der Waals surface area (Å²) in [6, 6.07) is 3.65. The van der Waals surface area contributed by atoms with Gasteiger partial charge in [-0.2, -0.15) is 0 Å². The first kappa shape index (κ1) is 17.2. The molecule has 0 saturated carbocycles. The Labute approximate surface area is 138 Å². The van der Waals surface area contributed by atoms with E-state index in [1.807, 2.05) is 19.1 Å². The summed E-state index contributed by atoms with van der Waals surface area (Å²) in [5.41, 5.74) is 2.57. The molecule has 0 fully saturated rings. The maximum absolute atomic E-state index is 9.77. The smallest absolute Gasteiger partial charge is 0.186 e. The van der Waals surface area contributed by atoms with Gasteiger partial charge in [0.25, 0.3) is 0 Å². The molecule has 0 saturated heterocycles. The van der Waals surface area contributed by atoms with Gasteiger partial charge in [0.05, 0.1) is 16.1 Å². The van der Waals surface area contributed by atoms with Crippen molar-refractivity contribution in [1.29, 1.82) is 16.2 Å². The number of thiazole rings is 1. The van der Waals surface area contributed by atoms with Crippen molar-refractivity contribution >= 4 is 44.8 Å². The molecule has 2 rings (SSSR count). The minimum atomic E-state index is -0.888. The summed E-state index contributed by atoms with van der Waals surface area (Å²) in [6.45, 7) is 4.21. The molecule has 1 unspecified atom stereocenters. The molecule has 0 spiro atoms. The summed E-state index contributed by atoms with van der Waals surface area (Å²) in [6.07, 6.45) is 1.50. The second kappa shape index (κ2) is 7.40. The summed E-state index contributed by atoms with van der Waals surface area (Å²) in [5.74, 6) is -0.428. The SMILES string of the molecule is CCNC(O)Nc1nc2cc(C(C=N)C=N)cc(C(C)=N)c2s1. The maximum Gasteiger partial charge on any atom is 0.186 e. The minimum Gasteiger partial charge on any atom is -0.361 e. The Hall–Kier alpha value is -2.16. The van der Waals surface area contributed by atoms with E-state index >= 15 is 0 Å². The molecule has 6 N–H and O–H groups in total. The van der Waals surface area contributed by atoms with E-state index in [2.05, 4.69) is 15.6 Å². The van der Waals surface area contributed by atoms with Crippen molar-refractivity contribution in [2.45, 2.75) is 26.1 Å². The van der Waals surface area contributed by atoms with Crippen LogP contribution in [0.25, 0.3) is 10.2 Å². The highest BCUT2D eigenvalue weighted by atomic mass is 32.1. The van der Waals surface area contributed by atoms with Crippen molar-refractivity contribution < 1.29 is 5.11 Å². The molecule has 0 aliphatic carbocycles. The predicted molar refractivity (Wildman–Crippen MR) is 95.7 cm³/mol. The Kier molecular flexibility index (Phi) is 5.54. The van der Waals surface area contributed by atoms with Gasteiger partial charge in [-0.25, -0.2) is 4.98 Å². The molecule has 8 heteroatoms. The highest BCUT2D eigenvalue weighted by Gasteiger charge is 2.16. The van der Waals surface area contributed by atoms with Crippen LogP contribution in [0.4, 0.5) is 5.13 Å². The van der Waals surface area contributed by atoms with Gasteiger partial charge in [-0.1, -0.05) is 18.3 Å². The topological polar surface area (TPSA) is 129 Å². The lowest BCUT2D eigenvalue weighted by molar-refractivity contribution is 0.168. The van der Waals surface area contributed by atoms with Crippen molar-refractivity contribution in [1.82, 2.24) is 10.3 Å². The highest BCUT2D eigenvalue weighted by molar-refractivity contribution is 7.22. The molecule has 2 aromatic rings. The summed E-state index contributed by atoms with van der Waals surface area (Å²) in [4.78, 5) is 4.45. The third-order valence-electron chi connectivity index (χ3n) is 3.32. The lowest BCUT2D eigenvalue weighted by atomic mass is 9.97. The van der Waals surface area contributed by atoms with E-state index in [1.165, 1.54) is 23.8 Å². The molecule has 1 heterocycles. The van der Waals surface area contributed by atoms with Crippen LogP contribution in [0.3, 0.4) is 0 Å². The number of nitrogens with one attached hydrogen (secondary N) is 5. The maximum atomic E-state index is 9.77. The van der Waals surface area contributed by atoms with Crippen LogP contribution < -0.4 is 10.6 Å². The first-order valence-electron chi connectivity index (χ1n) is 7.19. The molecular weight excluding hydrogens is 312 g/mol. The molecule has 7 nitrogen and oxygen atoms in total. The Morgan fingerprint density at radius 3 is 2.65 bits per heavy atom. The highest BCUT2D eigenvalue weighted by Crippen LogP contribution is 2.32. The van der Waals surface area contributed by atoms with Gasteiger partial charge in [0.1, 0.15) is 0 Å². The number of aliphatic hydroxyl groups is 1. The molecular formula is C15H20N6OS. The van der Waals surface area contributed by atoms with Crippen molar-refractivity contribution in [2.75, 3.05) is 11.9 Å². The van der Waals surface area contributed by atoms with Crippen LogP contribution in [0.5, 0.6) is 0 Å². The Morgan fingerprint density at radius 2 is 2.09 bits per heavy atom. The van der Waals surface area contributed by atoms with Crippen molar-refractivity contribution in [2.24, 2.45) is 0 Å². The van der Waals surface area contributed by atoms with Gasteiger partial charge in [0.15, 0.2) is 11.5 Å². The lowest BCUT2D eigenvalue weighted by Gasteiger charge is -2.11. The number of aliphatic hydroxyl groups excluding tert-OH is 1. The number of rotatable bonds is 8. The summed E-state index contributed by atoms with van der Waals surface area (Å²) < 4.78 is 0.848. The van der Waals surface area contributed by atoms with E-state index in [0.717, 1.165) is 15.8 Å². The van der Waals surface area contributed by atoms with Crippen LogP contribution in [-0.2, 0) is 0 Å². The van der Waals surface area contributed by atoms with Crippen LogP contribution >= 0.6 is 11.3 Å². The average molecular weight is 332 g/mol. The largest absolute Gasteiger partial charge is 0.361 e. The van der Waals surface area contributed by atoms with Gasteiger partial charge < -0.3 is 26.7 Å². The zero-order chi connectivity index (χ0) is 17.0. The summed E-state index contributed by atoms with van der Waals surface area (Å²) in [7, 11) is 0. The quantitative estimate of drug-likeness (QED) is 0.327. The number of benzene rings is 1. The predicted octanol–water partition coefficient (Wildman–Crippen LogP) is 2.36. The zero-order valence-corrected chi connectivity index (χ0v) is 13.8.